The van der Waals surface area contributed by atoms with Crippen molar-refractivity contribution in [2.24, 2.45) is 11.1 Å². The fourth-order valence-electron chi connectivity index (χ4n) is 2.00. The molecule has 0 bridgehead atoms. The summed E-state index contributed by atoms with van der Waals surface area (Å²) >= 11 is 0. The molecule has 0 radical (unpaired) electrons. The van der Waals surface area contributed by atoms with E-state index in [1.54, 1.807) is 7.11 Å². The number of hydrogen-bond donors (Lipinski definition) is 1. The molecule has 2 N–H and O–H groups in total. The van der Waals surface area contributed by atoms with Crippen molar-refractivity contribution < 1.29 is 4.74 Å². The molecule has 0 unspecified atom stereocenters. The van der Waals surface area contributed by atoms with Gasteiger partial charge in [0.1, 0.15) is 0 Å². The SMILES string of the molecule is COCCN(C)CC1(CN)CCC1. The standard InChI is InChI=1S/C10H22N2O/c1-12(6-7-13-2)9-10(8-11)4-3-5-10/h3-9,11H2,1-2H3. The van der Waals surface area contributed by atoms with E-state index >= 15 is 0 Å². The molecule has 0 aromatic heterocycles. The third kappa shape index (κ3) is 2.93. The second-order valence-corrected chi connectivity index (χ2v) is 4.29. The van der Waals surface area contributed by atoms with E-state index in [1.165, 1.54) is 19.3 Å². The second kappa shape index (κ2) is 4.94. The Morgan fingerprint density at radius 2 is 2.15 bits per heavy atom. The van der Waals surface area contributed by atoms with Gasteiger partial charge in [-0.1, -0.05) is 6.42 Å². The lowest BCUT2D eigenvalue weighted by atomic mass is 9.68. The van der Waals surface area contributed by atoms with Gasteiger partial charge in [0.15, 0.2) is 0 Å². The average molecular weight is 186 g/mol. The van der Waals surface area contributed by atoms with E-state index in [9.17, 15) is 0 Å². The van der Waals surface area contributed by atoms with Gasteiger partial charge in [-0.05, 0) is 31.8 Å². The van der Waals surface area contributed by atoms with E-state index in [1.807, 2.05) is 0 Å². The van der Waals surface area contributed by atoms with Gasteiger partial charge in [0, 0.05) is 20.2 Å². The van der Waals surface area contributed by atoms with Gasteiger partial charge in [-0.3, -0.25) is 0 Å². The van der Waals surface area contributed by atoms with E-state index in [-0.39, 0.29) is 0 Å². The number of rotatable bonds is 6. The van der Waals surface area contributed by atoms with Crippen LogP contribution in [0.2, 0.25) is 0 Å². The zero-order valence-electron chi connectivity index (χ0n) is 8.88. The number of methoxy groups -OCH3 is 1. The van der Waals surface area contributed by atoms with Crippen LogP contribution in [0.3, 0.4) is 0 Å². The summed E-state index contributed by atoms with van der Waals surface area (Å²) in [5.74, 6) is 0. The molecule has 1 aliphatic rings. The molecule has 1 aliphatic carbocycles. The molecule has 1 fully saturated rings. The first-order valence-corrected chi connectivity index (χ1v) is 5.10. The fraction of sp³-hybridized carbons (Fsp3) is 1.00. The molecule has 0 amide bonds. The van der Waals surface area contributed by atoms with Gasteiger partial charge in [0.05, 0.1) is 6.61 Å². The van der Waals surface area contributed by atoms with Gasteiger partial charge in [-0.15, -0.1) is 0 Å². The van der Waals surface area contributed by atoms with Crippen molar-refractivity contribution in [1.29, 1.82) is 0 Å². The summed E-state index contributed by atoms with van der Waals surface area (Å²) in [6, 6.07) is 0. The first-order chi connectivity index (χ1) is 6.22. The summed E-state index contributed by atoms with van der Waals surface area (Å²) in [5, 5.41) is 0. The van der Waals surface area contributed by atoms with Crippen LogP contribution in [0.1, 0.15) is 19.3 Å². The maximum absolute atomic E-state index is 5.79. The summed E-state index contributed by atoms with van der Waals surface area (Å²) in [6.07, 6.45) is 3.97. The number of likely N-dealkylation sites (N-methyl/N-ethyl adjacent to an activating group) is 1. The summed E-state index contributed by atoms with van der Waals surface area (Å²) < 4.78 is 5.04. The van der Waals surface area contributed by atoms with Crippen molar-refractivity contribution in [3.8, 4) is 0 Å². The lowest BCUT2D eigenvalue weighted by molar-refractivity contribution is 0.0718. The molecule has 13 heavy (non-hydrogen) atoms. The normalized spacial score (nSPS) is 20.3. The van der Waals surface area contributed by atoms with E-state index in [2.05, 4.69) is 11.9 Å². The molecular weight excluding hydrogens is 164 g/mol. The zero-order valence-corrected chi connectivity index (χ0v) is 8.88. The molecule has 0 heterocycles. The number of nitrogens with zero attached hydrogens (tertiary/aromatic N) is 1. The molecule has 1 rings (SSSR count). The van der Waals surface area contributed by atoms with Gasteiger partial charge >= 0.3 is 0 Å². The van der Waals surface area contributed by atoms with Crippen LogP contribution >= 0.6 is 0 Å². The summed E-state index contributed by atoms with van der Waals surface area (Å²) in [5.41, 5.74) is 6.22. The van der Waals surface area contributed by atoms with Crippen molar-refractivity contribution in [3.63, 3.8) is 0 Å². The third-order valence-corrected chi connectivity index (χ3v) is 3.13. The molecule has 78 valence electrons. The predicted octanol–water partition coefficient (Wildman–Crippen LogP) is 0.694. The minimum atomic E-state index is 0.433. The first-order valence-electron chi connectivity index (χ1n) is 5.10. The van der Waals surface area contributed by atoms with Crippen molar-refractivity contribution >= 4 is 0 Å². The predicted molar refractivity (Wildman–Crippen MR) is 54.7 cm³/mol. The van der Waals surface area contributed by atoms with Gasteiger partial charge in [-0.2, -0.15) is 0 Å². The Kier molecular flexibility index (Phi) is 4.16. The molecule has 0 atom stereocenters. The van der Waals surface area contributed by atoms with Crippen LogP contribution in [0.25, 0.3) is 0 Å². The Labute approximate surface area is 81.2 Å². The maximum Gasteiger partial charge on any atom is 0.0589 e. The molecule has 0 aromatic carbocycles. The Morgan fingerprint density at radius 3 is 2.54 bits per heavy atom. The Bertz CT molecular complexity index is 140. The lowest BCUT2D eigenvalue weighted by Crippen LogP contribution is -2.46. The monoisotopic (exact) mass is 186 g/mol. The van der Waals surface area contributed by atoms with E-state index in [0.29, 0.717) is 5.41 Å². The number of ether oxygens (including phenoxy) is 1. The fourth-order valence-corrected chi connectivity index (χ4v) is 2.00. The average Bonchev–Trinajstić information content (AvgIpc) is 2.08. The minimum Gasteiger partial charge on any atom is -0.383 e. The van der Waals surface area contributed by atoms with Crippen LogP contribution < -0.4 is 5.73 Å². The summed E-state index contributed by atoms with van der Waals surface area (Å²) in [4.78, 5) is 2.33. The van der Waals surface area contributed by atoms with Gasteiger partial charge in [-0.25, -0.2) is 0 Å². The summed E-state index contributed by atoms with van der Waals surface area (Å²) in [6.45, 7) is 3.80. The second-order valence-electron chi connectivity index (χ2n) is 4.29. The summed E-state index contributed by atoms with van der Waals surface area (Å²) in [7, 11) is 3.89. The quantitative estimate of drug-likeness (QED) is 0.663. The van der Waals surface area contributed by atoms with Crippen molar-refractivity contribution in [2.75, 3.05) is 40.4 Å². The molecule has 0 saturated heterocycles. The van der Waals surface area contributed by atoms with E-state index in [4.69, 9.17) is 10.5 Å². The highest BCUT2D eigenvalue weighted by molar-refractivity contribution is 4.90. The van der Waals surface area contributed by atoms with Crippen LogP contribution in [-0.2, 0) is 4.74 Å². The maximum atomic E-state index is 5.79. The Hall–Kier alpha value is -0.120. The van der Waals surface area contributed by atoms with Crippen LogP contribution in [0.5, 0.6) is 0 Å². The van der Waals surface area contributed by atoms with Crippen LogP contribution in [0, 0.1) is 5.41 Å². The van der Waals surface area contributed by atoms with Crippen LogP contribution in [0.4, 0.5) is 0 Å². The molecule has 0 aliphatic heterocycles. The van der Waals surface area contributed by atoms with E-state index in [0.717, 1.165) is 26.2 Å². The molecular formula is C10H22N2O. The van der Waals surface area contributed by atoms with Crippen LogP contribution in [0.15, 0.2) is 0 Å². The Morgan fingerprint density at radius 1 is 1.46 bits per heavy atom. The molecule has 3 heteroatoms. The topological polar surface area (TPSA) is 38.5 Å². The smallest absolute Gasteiger partial charge is 0.0589 e. The highest BCUT2D eigenvalue weighted by atomic mass is 16.5. The van der Waals surface area contributed by atoms with Crippen molar-refractivity contribution in [1.82, 2.24) is 4.90 Å². The lowest BCUT2D eigenvalue weighted by Gasteiger charge is -2.43. The van der Waals surface area contributed by atoms with Crippen LogP contribution in [-0.4, -0.2) is 45.3 Å². The highest BCUT2D eigenvalue weighted by Gasteiger charge is 2.36. The van der Waals surface area contributed by atoms with Crippen molar-refractivity contribution in [3.05, 3.63) is 0 Å². The van der Waals surface area contributed by atoms with E-state index < -0.39 is 0 Å². The van der Waals surface area contributed by atoms with Gasteiger partial charge in [0.25, 0.3) is 0 Å². The molecule has 0 aromatic rings. The molecule has 0 spiro atoms. The number of nitrogens with two attached hydrogens (primary N) is 1. The minimum absolute atomic E-state index is 0.433. The van der Waals surface area contributed by atoms with Gasteiger partial charge in [0.2, 0.25) is 0 Å². The van der Waals surface area contributed by atoms with Gasteiger partial charge < -0.3 is 15.4 Å². The first kappa shape index (κ1) is 11.0. The zero-order chi connectivity index (χ0) is 9.73. The highest BCUT2D eigenvalue weighted by Crippen LogP contribution is 2.40. The Balaban J connectivity index is 2.21. The number of hydrogen-bond acceptors (Lipinski definition) is 3. The molecule has 3 nitrogen and oxygen atoms in total. The van der Waals surface area contributed by atoms with Crippen molar-refractivity contribution in [2.45, 2.75) is 19.3 Å². The third-order valence-electron chi connectivity index (χ3n) is 3.13. The largest absolute Gasteiger partial charge is 0.383 e. The molecule has 1 saturated carbocycles.